The van der Waals surface area contributed by atoms with Crippen LogP contribution in [0.2, 0.25) is 0 Å². The Morgan fingerprint density at radius 1 is 1.60 bits per heavy atom. The summed E-state index contributed by atoms with van der Waals surface area (Å²) in [6.07, 6.45) is 6.25. The van der Waals surface area contributed by atoms with Crippen LogP contribution >= 0.6 is 0 Å². The van der Waals surface area contributed by atoms with E-state index in [1.807, 2.05) is 12.1 Å². The van der Waals surface area contributed by atoms with Crippen molar-refractivity contribution < 1.29 is 4.74 Å². The lowest BCUT2D eigenvalue weighted by atomic mass is 10.2. The molecule has 1 aromatic heterocycles. The van der Waals surface area contributed by atoms with E-state index < -0.39 is 0 Å². The Bertz CT molecular complexity index is 299. The molecule has 0 aromatic carbocycles. The second-order valence-electron chi connectivity index (χ2n) is 3.19. The van der Waals surface area contributed by atoms with Crippen molar-refractivity contribution in [3.8, 4) is 5.75 Å². The summed E-state index contributed by atoms with van der Waals surface area (Å²) < 4.78 is 5.60. The number of hydrogen-bond donors (Lipinski definition) is 1. The number of pyridine rings is 1. The highest BCUT2D eigenvalue weighted by Crippen LogP contribution is 2.16. The molecule has 0 saturated heterocycles. The Kier molecular flexibility index (Phi) is 5.48. The Morgan fingerprint density at radius 3 is 3.20 bits per heavy atom. The molecule has 15 heavy (non-hydrogen) atoms. The average molecular weight is 206 g/mol. The van der Waals surface area contributed by atoms with Gasteiger partial charge in [-0.15, -0.1) is 6.58 Å². The predicted molar refractivity (Wildman–Crippen MR) is 61.9 cm³/mol. The van der Waals surface area contributed by atoms with Crippen LogP contribution in [0.25, 0.3) is 0 Å². The maximum atomic E-state index is 5.60. The summed E-state index contributed by atoms with van der Waals surface area (Å²) in [4.78, 5) is 4.05. The summed E-state index contributed by atoms with van der Waals surface area (Å²) in [5, 5.41) is 3.27. The van der Waals surface area contributed by atoms with E-state index in [0.717, 1.165) is 30.8 Å². The van der Waals surface area contributed by atoms with Crippen LogP contribution in [0.5, 0.6) is 5.75 Å². The molecule has 0 bridgehead atoms. The molecule has 3 heteroatoms. The van der Waals surface area contributed by atoms with Gasteiger partial charge in [-0.1, -0.05) is 13.0 Å². The lowest BCUT2D eigenvalue weighted by Crippen LogP contribution is -2.13. The zero-order valence-corrected chi connectivity index (χ0v) is 9.20. The fourth-order valence-corrected chi connectivity index (χ4v) is 1.20. The van der Waals surface area contributed by atoms with E-state index in [1.54, 1.807) is 12.4 Å². The number of aromatic nitrogens is 1. The maximum Gasteiger partial charge on any atom is 0.142 e. The van der Waals surface area contributed by atoms with E-state index >= 15 is 0 Å². The summed E-state index contributed by atoms with van der Waals surface area (Å²) in [6.45, 7) is 8.17. The van der Waals surface area contributed by atoms with Crippen LogP contribution in [0.15, 0.2) is 31.1 Å². The molecule has 82 valence electrons. The number of nitrogens with one attached hydrogen (secondary N) is 1. The Balaban J connectivity index is 2.55. The quantitative estimate of drug-likeness (QED) is 0.548. The average Bonchev–Trinajstić information content (AvgIpc) is 2.28. The van der Waals surface area contributed by atoms with Crippen LogP contribution in [0, 0.1) is 0 Å². The molecule has 3 nitrogen and oxygen atoms in total. The minimum atomic E-state index is 0.661. The first-order chi connectivity index (χ1) is 7.38. The number of hydrogen-bond acceptors (Lipinski definition) is 3. The van der Waals surface area contributed by atoms with Gasteiger partial charge in [-0.3, -0.25) is 4.98 Å². The second-order valence-corrected chi connectivity index (χ2v) is 3.19. The monoisotopic (exact) mass is 206 g/mol. The van der Waals surface area contributed by atoms with Crippen LogP contribution in [0.4, 0.5) is 0 Å². The number of rotatable bonds is 7. The summed E-state index contributed by atoms with van der Waals surface area (Å²) in [5.74, 6) is 0.861. The van der Waals surface area contributed by atoms with Gasteiger partial charge in [0.05, 0.1) is 12.8 Å². The predicted octanol–water partition coefficient (Wildman–Crippen LogP) is 2.15. The van der Waals surface area contributed by atoms with E-state index in [1.165, 1.54) is 0 Å². The molecule has 1 aromatic rings. The van der Waals surface area contributed by atoms with Crippen molar-refractivity contribution >= 4 is 0 Å². The van der Waals surface area contributed by atoms with Gasteiger partial charge in [0.15, 0.2) is 0 Å². The third-order valence-corrected chi connectivity index (χ3v) is 2.02. The fourth-order valence-electron chi connectivity index (χ4n) is 1.20. The van der Waals surface area contributed by atoms with Crippen molar-refractivity contribution in [1.29, 1.82) is 0 Å². The van der Waals surface area contributed by atoms with Crippen molar-refractivity contribution in [3.05, 3.63) is 36.7 Å². The molecule has 0 fully saturated rings. The van der Waals surface area contributed by atoms with Crippen LogP contribution in [0.1, 0.15) is 18.9 Å². The summed E-state index contributed by atoms with van der Waals surface area (Å²) in [5.41, 5.74) is 1.15. The van der Waals surface area contributed by atoms with E-state index in [2.05, 4.69) is 23.8 Å². The van der Waals surface area contributed by atoms with Gasteiger partial charge in [0.25, 0.3) is 0 Å². The molecule has 0 radical (unpaired) electrons. The molecule has 0 saturated carbocycles. The lowest BCUT2D eigenvalue weighted by Gasteiger charge is -2.10. The standard InChI is InChI=1S/C12H18N2O/c1-3-5-8-15-12-10-14-7-6-11(12)9-13-4-2/h3,6-7,10,13H,1,4-5,8-9H2,2H3. The zero-order valence-electron chi connectivity index (χ0n) is 9.20. The van der Waals surface area contributed by atoms with E-state index in [9.17, 15) is 0 Å². The molecule has 1 N–H and O–H groups in total. The molecule has 0 aliphatic heterocycles. The molecule has 0 unspecified atom stereocenters. The van der Waals surface area contributed by atoms with Crippen LogP contribution < -0.4 is 10.1 Å². The van der Waals surface area contributed by atoms with Crippen molar-refractivity contribution in [1.82, 2.24) is 10.3 Å². The van der Waals surface area contributed by atoms with Crippen LogP contribution in [-0.4, -0.2) is 18.1 Å². The Morgan fingerprint density at radius 2 is 2.47 bits per heavy atom. The van der Waals surface area contributed by atoms with E-state index in [0.29, 0.717) is 6.61 Å². The molecule has 0 aliphatic carbocycles. The third-order valence-electron chi connectivity index (χ3n) is 2.02. The van der Waals surface area contributed by atoms with Gasteiger partial charge in [0.2, 0.25) is 0 Å². The molecule has 0 spiro atoms. The Labute approximate surface area is 91.2 Å². The zero-order chi connectivity index (χ0) is 10.9. The van der Waals surface area contributed by atoms with Crippen molar-refractivity contribution in [2.24, 2.45) is 0 Å². The van der Waals surface area contributed by atoms with Crippen molar-refractivity contribution in [3.63, 3.8) is 0 Å². The third kappa shape index (κ3) is 4.13. The number of nitrogens with zero attached hydrogens (tertiary/aromatic N) is 1. The minimum absolute atomic E-state index is 0.661. The molecular weight excluding hydrogens is 188 g/mol. The van der Waals surface area contributed by atoms with Gasteiger partial charge in [-0.05, 0) is 19.0 Å². The lowest BCUT2D eigenvalue weighted by molar-refractivity contribution is 0.319. The SMILES string of the molecule is C=CCCOc1cnccc1CNCC. The minimum Gasteiger partial charge on any atom is -0.491 e. The molecule has 1 rings (SSSR count). The van der Waals surface area contributed by atoms with E-state index in [4.69, 9.17) is 4.74 Å². The van der Waals surface area contributed by atoms with Gasteiger partial charge in [-0.25, -0.2) is 0 Å². The van der Waals surface area contributed by atoms with Crippen LogP contribution in [0.3, 0.4) is 0 Å². The second kappa shape index (κ2) is 7.01. The Hall–Kier alpha value is -1.35. The van der Waals surface area contributed by atoms with Gasteiger partial charge in [0.1, 0.15) is 5.75 Å². The largest absolute Gasteiger partial charge is 0.491 e. The highest BCUT2D eigenvalue weighted by Gasteiger charge is 2.01. The molecule has 0 amide bonds. The molecular formula is C12H18N2O. The molecule has 0 aliphatic rings. The van der Waals surface area contributed by atoms with Gasteiger partial charge in [0, 0.05) is 18.3 Å². The summed E-state index contributed by atoms with van der Waals surface area (Å²) in [7, 11) is 0. The van der Waals surface area contributed by atoms with E-state index in [-0.39, 0.29) is 0 Å². The highest BCUT2D eigenvalue weighted by atomic mass is 16.5. The first kappa shape index (κ1) is 11.7. The van der Waals surface area contributed by atoms with Gasteiger partial charge in [-0.2, -0.15) is 0 Å². The highest BCUT2D eigenvalue weighted by molar-refractivity contribution is 5.29. The van der Waals surface area contributed by atoms with Crippen molar-refractivity contribution in [2.45, 2.75) is 19.9 Å². The summed E-state index contributed by atoms with van der Waals surface area (Å²) in [6, 6.07) is 1.98. The van der Waals surface area contributed by atoms with Crippen LogP contribution in [-0.2, 0) is 6.54 Å². The van der Waals surface area contributed by atoms with Gasteiger partial charge < -0.3 is 10.1 Å². The topological polar surface area (TPSA) is 34.1 Å². The number of ether oxygens (including phenoxy) is 1. The van der Waals surface area contributed by atoms with Crippen molar-refractivity contribution in [2.75, 3.05) is 13.2 Å². The first-order valence-electron chi connectivity index (χ1n) is 5.25. The smallest absolute Gasteiger partial charge is 0.142 e. The fraction of sp³-hybridized carbons (Fsp3) is 0.417. The molecule has 1 heterocycles. The van der Waals surface area contributed by atoms with Gasteiger partial charge >= 0.3 is 0 Å². The normalized spacial score (nSPS) is 9.93. The maximum absolute atomic E-state index is 5.60. The first-order valence-corrected chi connectivity index (χ1v) is 5.25. The molecule has 0 atom stereocenters. The summed E-state index contributed by atoms with van der Waals surface area (Å²) >= 11 is 0.